The zero-order chi connectivity index (χ0) is 15.1. The molecule has 5 heteroatoms. The first-order chi connectivity index (χ1) is 10.2. The minimum absolute atomic E-state index is 0.0748. The van der Waals surface area contributed by atoms with Crippen LogP contribution in [0.2, 0.25) is 0 Å². The maximum absolute atomic E-state index is 11.8. The number of aryl methyl sites for hydroxylation is 2. The molecule has 1 heterocycles. The molecule has 0 aliphatic rings. The number of nitrogens with zero attached hydrogens (tertiary/aromatic N) is 1. The number of amides is 1. The maximum Gasteiger partial charge on any atom is 0.220 e. The van der Waals surface area contributed by atoms with Gasteiger partial charge in [-0.1, -0.05) is 12.1 Å². The average Bonchev–Trinajstić information content (AvgIpc) is 2.91. The highest BCUT2D eigenvalue weighted by Gasteiger charge is 2.05. The molecule has 21 heavy (non-hydrogen) atoms. The Morgan fingerprint density at radius 1 is 1.38 bits per heavy atom. The van der Waals surface area contributed by atoms with E-state index in [9.17, 15) is 4.79 Å². The van der Waals surface area contributed by atoms with Crippen LogP contribution in [-0.4, -0.2) is 24.5 Å². The molecule has 0 unspecified atom stereocenters. The van der Waals surface area contributed by atoms with Gasteiger partial charge in [-0.15, -0.1) is 11.3 Å². The van der Waals surface area contributed by atoms with Gasteiger partial charge in [0, 0.05) is 30.5 Å². The number of thiazole rings is 1. The van der Waals surface area contributed by atoms with Gasteiger partial charge in [0.25, 0.3) is 0 Å². The number of benzene rings is 1. The fourth-order valence-electron chi connectivity index (χ4n) is 2.00. The van der Waals surface area contributed by atoms with Gasteiger partial charge in [0.2, 0.25) is 5.91 Å². The third-order valence-electron chi connectivity index (χ3n) is 3.10. The van der Waals surface area contributed by atoms with Crippen molar-refractivity contribution in [3.63, 3.8) is 0 Å². The average molecular weight is 304 g/mol. The molecule has 2 aromatic rings. The first kappa shape index (κ1) is 15.5. The van der Waals surface area contributed by atoms with E-state index in [1.165, 1.54) is 0 Å². The third kappa shape index (κ3) is 5.19. The molecule has 1 aromatic carbocycles. The molecule has 1 aromatic heterocycles. The second kappa shape index (κ2) is 7.78. The minimum atomic E-state index is 0.0748. The van der Waals surface area contributed by atoms with Gasteiger partial charge in [0.15, 0.2) is 0 Å². The van der Waals surface area contributed by atoms with Crippen molar-refractivity contribution < 1.29 is 9.53 Å². The number of hydrogen-bond acceptors (Lipinski definition) is 4. The number of nitrogens with one attached hydrogen (secondary N) is 1. The summed E-state index contributed by atoms with van der Waals surface area (Å²) in [6, 6.07) is 7.90. The van der Waals surface area contributed by atoms with Crippen LogP contribution in [0.5, 0.6) is 5.75 Å². The van der Waals surface area contributed by atoms with E-state index in [4.69, 9.17) is 4.74 Å². The van der Waals surface area contributed by atoms with E-state index in [2.05, 4.69) is 10.3 Å². The van der Waals surface area contributed by atoms with Crippen LogP contribution in [-0.2, 0) is 17.6 Å². The Morgan fingerprint density at radius 2 is 2.24 bits per heavy atom. The molecular weight excluding hydrogens is 284 g/mol. The van der Waals surface area contributed by atoms with E-state index < -0.39 is 0 Å². The molecule has 1 N–H and O–H groups in total. The second-order valence-corrected chi connectivity index (χ2v) is 5.78. The number of rotatable bonds is 7. The summed E-state index contributed by atoms with van der Waals surface area (Å²) in [4.78, 5) is 16.1. The van der Waals surface area contributed by atoms with Crippen LogP contribution >= 0.6 is 11.3 Å². The lowest BCUT2D eigenvalue weighted by Crippen LogP contribution is -2.25. The van der Waals surface area contributed by atoms with Crippen molar-refractivity contribution in [2.75, 3.05) is 13.7 Å². The van der Waals surface area contributed by atoms with Crippen LogP contribution in [0.25, 0.3) is 0 Å². The highest BCUT2D eigenvalue weighted by atomic mass is 32.1. The number of ether oxygens (including phenoxy) is 1. The lowest BCUT2D eigenvalue weighted by molar-refractivity contribution is -0.121. The van der Waals surface area contributed by atoms with Crippen LogP contribution in [0.1, 0.15) is 22.7 Å². The Labute approximate surface area is 129 Å². The summed E-state index contributed by atoms with van der Waals surface area (Å²) in [6.07, 6.45) is 2.01. The van der Waals surface area contributed by atoms with Gasteiger partial charge in [-0.05, 0) is 31.0 Å². The predicted molar refractivity (Wildman–Crippen MR) is 84.9 cm³/mol. The smallest absolute Gasteiger partial charge is 0.220 e. The fraction of sp³-hybridized carbons (Fsp3) is 0.375. The number of carbonyl (C=O) groups is 1. The summed E-state index contributed by atoms with van der Waals surface area (Å²) in [5.41, 5.74) is 2.18. The minimum Gasteiger partial charge on any atom is -0.497 e. The van der Waals surface area contributed by atoms with Crippen LogP contribution in [0, 0.1) is 6.92 Å². The molecule has 0 saturated heterocycles. The Bertz CT molecular complexity index is 595. The number of aromatic nitrogens is 1. The predicted octanol–water partition coefficient (Wildman–Crippen LogP) is 2.75. The van der Waals surface area contributed by atoms with Crippen LogP contribution < -0.4 is 10.1 Å². The van der Waals surface area contributed by atoms with Gasteiger partial charge in [-0.2, -0.15) is 0 Å². The molecule has 0 saturated carbocycles. The molecule has 0 fully saturated rings. The molecule has 112 valence electrons. The quantitative estimate of drug-likeness (QED) is 0.855. The number of hydrogen-bond donors (Lipinski definition) is 1. The van der Waals surface area contributed by atoms with Crippen LogP contribution in [0.3, 0.4) is 0 Å². The SMILES string of the molecule is COc1cccc(CCNC(=O)CCc2nc(C)cs2)c1. The summed E-state index contributed by atoms with van der Waals surface area (Å²) < 4.78 is 5.18. The highest BCUT2D eigenvalue weighted by Crippen LogP contribution is 2.13. The Morgan fingerprint density at radius 3 is 2.95 bits per heavy atom. The Kier molecular flexibility index (Phi) is 5.75. The van der Waals surface area contributed by atoms with Crippen molar-refractivity contribution >= 4 is 17.2 Å². The fourth-order valence-corrected chi connectivity index (χ4v) is 2.78. The van der Waals surface area contributed by atoms with Gasteiger partial charge in [0.05, 0.1) is 12.1 Å². The monoisotopic (exact) mass is 304 g/mol. The molecule has 0 aliphatic heterocycles. The van der Waals surface area contributed by atoms with E-state index in [0.717, 1.165) is 28.4 Å². The van der Waals surface area contributed by atoms with E-state index in [-0.39, 0.29) is 5.91 Å². The Balaban J connectivity index is 1.69. The van der Waals surface area contributed by atoms with Crippen molar-refractivity contribution in [3.05, 3.63) is 45.9 Å². The zero-order valence-electron chi connectivity index (χ0n) is 12.4. The van der Waals surface area contributed by atoms with Gasteiger partial charge >= 0.3 is 0 Å². The van der Waals surface area contributed by atoms with Crippen molar-refractivity contribution in [1.29, 1.82) is 0 Å². The summed E-state index contributed by atoms with van der Waals surface area (Å²) in [5.74, 6) is 0.920. The first-order valence-electron chi connectivity index (χ1n) is 6.98. The summed E-state index contributed by atoms with van der Waals surface area (Å²) in [7, 11) is 1.65. The highest BCUT2D eigenvalue weighted by molar-refractivity contribution is 7.09. The summed E-state index contributed by atoms with van der Waals surface area (Å²) in [6.45, 7) is 2.61. The largest absolute Gasteiger partial charge is 0.497 e. The van der Waals surface area contributed by atoms with Crippen LogP contribution in [0.15, 0.2) is 29.6 Å². The van der Waals surface area contributed by atoms with Crippen molar-refractivity contribution in [3.8, 4) is 5.75 Å². The molecule has 0 bridgehead atoms. The topological polar surface area (TPSA) is 51.2 Å². The number of carbonyl (C=O) groups excluding carboxylic acids is 1. The molecule has 2 rings (SSSR count). The van der Waals surface area contributed by atoms with E-state index in [0.29, 0.717) is 19.4 Å². The molecule has 1 amide bonds. The standard InChI is InChI=1S/C16H20N2O2S/c1-12-11-21-16(18-12)7-6-15(19)17-9-8-13-4-3-5-14(10-13)20-2/h3-5,10-11H,6-9H2,1-2H3,(H,17,19). The third-order valence-corrected chi connectivity index (χ3v) is 4.13. The second-order valence-electron chi connectivity index (χ2n) is 4.83. The lowest BCUT2D eigenvalue weighted by atomic mass is 10.1. The molecule has 0 radical (unpaired) electrons. The zero-order valence-corrected chi connectivity index (χ0v) is 13.2. The van der Waals surface area contributed by atoms with Gasteiger partial charge < -0.3 is 10.1 Å². The van der Waals surface area contributed by atoms with Crippen LogP contribution in [0.4, 0.5) is 0 Å². The van der Waals surface area contributed by atoms with Crippen molar-refractivity contribution in [2.45, 2.75) is 26.2 Å². The molecule has 4 nitrogen and oxygen atoms in total. The number of methoxy groups -OCH3 is 1. The maximum atomic E-state index is 11.8. The normalized spacial score (nSPS) is 10.4. The molecule has 0 atom stereocenters. The first-order valence-corrected chi connectivity index (χ1v) is 7.86. The van der Waals surface area contributed by atoms with Gasteiger partial charge in [0.1, 0.15) is 5.75 Å². The summed E-state index contributed by atoms with van der Waals surface area (Å²) >= 11 is 1.61. The molecular formula is C16H20N2O2S. The van der Waals surface area contributed by atoms with E-state index in [1.54, 1.807) is 18.4 Å². The Hall–Kier alpha value is -1.88. The molecule has 0 spiro atoms. The van der Waals surface area contributed by atoms with Gasteiger partial charge in [-0.3, -0.25) is 4.79 Å². The van der Waals surface area contributed by atoms with Crippen molar-refractivity contribution in [1.82, 2.24) is 10.3 Å². The molecule has 0 aliphatic carbocycles. The van der Waals surface area contributed by atoms with Crippen molar-refractivity contribution in [2.24, 2.45) is 0 Å². The lowest BCUT2D eigenvalue weighted by Gasteiger charge is -2.06. The summed E-state index contributed by atoms with van der Waals surface area (Å²) in [5, 5.41) is 5.98. The van der Waals surface area contributed by atoms with E-state index >= 15 is 0 Å². The van der Waals surface area contributed by atoms with Gasteiger partial charge in [-0.25, -0.2) is 4.98 Å². The van der Waals surface area contributed by atoms with E-state index in [1.807, 2.05) is 36.6 Å².